The monoisotopic (exact) mass is 285 g/mol. The van der Waals surface area contributed by atoms with Gasteiger partial charge in [-0.15, -0.1) is 0 Å². The lowest BCUT2D eigenvalue weighted by molar-refractivity contribution is 0.0367. The quantitative estimate of drug-likeness (QED) is 0.471. The first-order valence-electron chi connectivity index (χ1n) is 7.92. The minimum Gasteiger partial charge on any atom is -0.389 e. The van der Waals surface area contributed by atoms with Crippen LogP contribution in [-0.4, -0.2) is 62.0 Å². The first kappa shape index (κ1) is 17.2. The molecule has 118 valence electrons. The van der Waals surface area contributed by atoms with Crippen LogP contribution in [0.25, 0.3) is 0 Å². The number of nitrogens with zero attached hydrogens (tertiary/aromatic N) is 2. The van der Waals surface area contributed by atoms with Crippen molar-refractivity contribution in [2.45, 2.75) is 45.6 Å². The number of ether oxygens (including phenoxy) is 1. The molecule has 1 atom stereocenters. The zero-order chi connectivity index (χ0) is 14.8. The third-order valence-corrected chi connectivity index (χ3v) is 3.36. The van der Waals surface area contributed by atoms with E-state index in [-0.39, 0.29) is 0 Å². The second-order valence-electron chi connectivity index (χ2n) is 5.60. The van der Waals surface area contributed by atoms with Crippen LogP contribution in [0, 0.1) is 5.92 Å². The number of aliphatic hydroxyl groups is 1. The smallest absolute Gasteiger partial charge is 0.193 e. The minimum absolute atomic E-state index is 0.387. The molecule has 1 rings (SSSR count). The van der Waals surface area contributed by atoms with Crippen LogP contribution >= 0.6 is 0 Å². The molecular weight excluding hydrogens is 254 g/mol. The Labute approximate surface area is 123 Å². The molecule has 1 fully saturated rings. The molecule has 5 heteroatoms. The normalized spacial score (nSPS) is 17.1. The van der Waals surface area contributed by atoms with E-state index in [1.807, 2.05) is 7.05 Å². The summed E-state index contributed by atoms with van der Waals surface area (Å²) in [6.45, 7) is 7.62. The van der Waals surface area contributed by atoms with Crippen molar-refractivity contribution in [3.63, 3.8) is 0 Å². The summed E-state index contributed by atoms with van der Waals surface area (Å²) >= 11 is 0. The van der Waals surface area contributed by atoms with E-state index in [4.69, 9.17) is 4.74 Å². The van der Waals surface area contributed by atoms with Gasteiger partial charge in [-0.3, -0.25) is 4.99 Å². The first-order valence-corrected chi connectivity index (χ1v) is 7.92. The third-order valence-electron chi connectivity index (χ3n) is 3.36. The fraction of sp³-hybridized carbons (Fsp3) is 0.933. The molecule has 0 bridgehead atoms. The van der Waals surface area contributed by atoms with Gasteiger partial charge in [0.25, 0.3) is 0 Å². The number of aliphatic hydroxyl groups excluding tert-OH is 1. The topological polar surface area (TPSA) is 57.1 Å². The van der Waals surface area contributed by atoms with Gasteiger partial charge in [-0.25, -0.2) is 0 Å². The Bertz CT molecular complexity index is 280. The van der Waals surface area contributed by atoms with Gasteiger partial charge in [-0.05, 0) is 32.1 Å². The number of hydrogen-bond acceptors (Lipinski definition) is 3. The second kappa shape index (κ2) is 10.00. The van der Waals surface area contributed by atoms with Crippen molar-refractivity contribution in [2.24, 2.45) is 10.9 Å². The van der Waals surface area contributed by atoms with Gasteiger partial charge >= 0.3 is 0 Å². The maximum absolute atomic E-state index is 9.88. The summed E-state index contributed by atoms with van der Waals surface area (Å²) in [6.07, 6.45) is 4.36. The maximum atomic E-state index is 9.88. The molecule has 1 aliphatic carbocycles. The van der Waals surface area contributed by atoms with Gasteiger partial charge in [0, 0.05) is 26.7 Å². The highest BCUT2D eigenvalue weighted by Gasteiger charge is 2.21. The Morgan fingerprint density at radius 1 is 1.45 bits per heavy atom. The van der Waals surface area contributed by atoms with Crippen LogP contribution in [0.3, 0.4) is 0 Å². The van der Waals surface area contributed by atoms with E-state index in [0.717, 1.165) is 38.0 Å². The predicted octanol–water partition coefficient (Wildman–Crippen LogP) is 1.47. The standard InChI is InChI=1S/C15H31N3O2/c1-4-6-9-18(3)15(16-5-2)17-10-14(19)12-20-11-13-7-8-13/h13-14,19H,4-12H2,1-3H3,(H,16,17). The van der Waals surface area contributed by atoms with Gasteiger partial charge in [0.15, 0.2) is 5.96 Å². The molecule has 2 N–H and O–H groups in total. The van der Waals surface area contributed by atoms with Crippen LogP contribution in [0.5, 0.6) is 0 Å². The van der Waals surface area contributed by atoms with Gasteiger partial charge in [0.05, 0.1) is 19.3 Å². The van der Waals surface area contributed by atoms with E-state index in [0.29, 0.717) is 13.2 Å². The largest absolute Gasteiger partial charge is 0.389 e. The highest BCUT2D eigenvalue weighted by molar-refractivity contribution is 5.79. The molecule has 1 unspecified atom stereocenters. The number of rotatable bonds is 10. The maximum Gasteiger partial charge on any atom is 0.193 e. The molecule has 0 aromatic heterocycles. The summed E-state index contributed by atoms with van der Waals surface area (Å²) in [4.78, 5) is 6.60. The molecule has 0 saturated heterocycles. The van der Waals surface area contributed by atoms with Crippen molar-refractivity contribution in [3.8, 4) is 0 Å². The van der Waals surface area contributed by atoms with E-state index in [2.05, 4.69) is 29.1 Å². The summed E-state index contributed by atoms with van der Waals surface area (Å²) in [5, 5.41) is 13.1. The lowest BCUT2D eigenvalue weighted by Gasteiger charge is -2.22. The summed E-state index contributed by atoms with van der Waals surface area (Å²) in [7, 11) is 2.03. The van der Waals surface area contributed by atoms with Crippen LogP contribution in [0.4, 0.5) is 0 Å². The lowest BCUT2D eigenvalue weighted by Crippen LogP contribution is -2.40. The van der Waals surface area contributed by atoms with Crippen molar-refractivity contribution < 1.29 is 9.84 Å². The van der Waals surface area contributed by atoms with Crippen LogP contribution in [-0.2, 0) is 4.74 Å². The Hall–Kier alpha value is -0.810. The van der Waals surface area contributed by atoms with Gasteiger partial charge in [-0.2, -0.15) is 0 Å². The molecule has 0 aromatic carbocycles. The molecule has 0 radical (unpaired) electrons. The third kappa shape index (κ3) is 7.70. The van der Waals surface area contributed by atoms with Crippen LogP contribution in [0.2, 0.25) is 0 Å². The molecule has 0 spiro atoms. The number of hydrogen-bond donors (Lipinski definition) is 2. The molecule has 1 saturated carbocycles. The van der Waals surface area contributed by atoms with E-state index in [1.54, 1.807) is 0 Å². The first-order chi connectivity index (χ1) is 9.67. The lowest BCUT2D eigenvalue weighted by atomic mass is 10.3. The summed E-state index contributed by atoms with van der Waals surface area (Å²) < 4.78 is 5.48. The van der Waals surface area contributed by atoms with E-state index < -0.39 is 6.10 Å². The number of nitrogens with one attached hydrogen (secondary N) is 1. The van der Waals surface area contributed by atoms with E-state index in [9.17, 15) is 5.11 Å². The molecule has 0 aromatic rings. The molecule has 5 nitrogen and oxygen atoms in total. The van der Waals surface area contributed by atoms with Crippen molar-refractivity contribution in [1.82, 2.24) is 10.2 Å². The van der Waals surface area contributed by atoms with Gasteiger partial charge < -0.3 is 20.1 Å². The van der Waals surface area contributed by atoms with E-state index in [1.165, 1.54) is 19.3 Å². The number of unbranched alkanes of at least 4 members (excludes halogenated alkanes) is 1. The molecular formula is C15H31N3O2. The molecule has 1 aliphatic rings. The van der Waals surface area contributed by atoms with Crippen molar-refractivity contribution in [3.05, 3.63) is 0 Å². The highest BCUT2D eigenvalue weighted by atomic mass is 16.5. The number of guanidine groups is 1. The molecule has 0 amide bonds. The fourth-order valence-electron chi connectivity index (χ4n) is 1.87. The second-order valence-corrected chi connectivity index (χ2v) is 5.60. The van der Waals surface area contributed by atoms with Gasteiger partial charge in [0.2, 0.25) is 0 Å². The van der Waals surface area contributed by atoms with Crippen molar-refractivity contribution in [1.29, 1.82) is 0 Å². The zero-order valence-electron chi connectivity index (χ0n) is 13.3. The SMILES string of the molecule is CCCCN(C)C(=NCC(O)COCC1CC1)NCC. The average Bonchev–Trinajstić information content (AvgIpc) is 3.25. The minimum atomic E-state index is -0.512. The average molecular weight is 285 g/mol. The van der Waals surface area contributed by atoms with Gasteiger partial charge in [-0.1, -0.05) is 13.3 Å². The Morgan fingerprint density at radius 3 is 2.80 bits per heavy atom. The van der Waals surface area contributed by atoms with Crippen molar-refractivity contribution in [2.75, 3.05) is 39.9 Å². The molecule has 0 heterocycles. The summed E-state index contributed by atoms with van der Waals surface area (Å²) in [5.74, 6) is 1.60. The Kier molecular flexibility index (Phi) is 8.62. The van der Waals surface area contributed by atoms with Crippen LogP contribution in [0.1, 0.15) is 39.5 Å². The van der Waals surface area contributed by atoms with Crippen LogP contribution < -0.4 is 5.32 Å². The number of aliphatic imine (C=N–C) groups is 1. The molecule has 20 heavy (non-hydrogen) atoms. The highest BCUT2D eigenvalue weighted by Crippen LogP contribution is 2.28. The van der Waals surface area contributed by atoms with Gasteiger partial charge in [0.1, 0.15) is 0 Å². The van der Waals surface area contributed by atoms with Crippen LogP contribution in [0.15, 0.2) is 4.99 Å². The van der Waals surface area contributed by atoms with Crippen molar-refractivity contribution >= 4 is 5.96 Å². The predicted molar refractivity (Wildman–Crippen MR) is 83.1 cm³/mol. The van der Waals surface area contributed by atoms with E-state index >= 15 is 0 Å². The Morgan fingerprint density at radius 2 is 2.20 bits per heavy atom. The fourth-order valence-corrected chi connectivity index (χ4v) is 1.87. The zero-order valence-corrected chi connectivity index (χ0v) is 13.3. The summed E-state index contributed by atoms with van der Waals surface area (Å²) in [5.41, 5.74) is 0. The Balaban J connectivity index is 2.27. The summed E-state index contributed by atoms with van der Waals surface area (Å²) in [6, 6.07) is 0. The molecule has 0 aliphatic heterocycles.